The van der Waals surface area contributed by atoms with Gasteiger partial charge >= 0.3 is 6.09 Å². The number of hydrogen-bond acceptors (Lipinski definition) is 5. The summed E-state index contributed by atoms with van der Waals surface area (Å²) < 4.78 is 5.77. The Morgan fingerprint density at radius 3 is 2.24 bits per heavy atom. The maximum atomic E-state index is 13.0. The van der Waals surface area contributed by atoms with Gasteiger partial charge in [-0.25, -0.2) is 9.78 Å². The number of pyridine rings is 1. The number of carbonyl (C=O) groups excluding carboxylic acids is 1. The first kappa shape index (κ1) is 27.1. The first-order valence-electron chi connectivity index (χ1n) is 13.3. The third kappa shape index (κ3) is 5.72. The fourth-order valence-corrected chi connectivity index (χ4v) is 6.59. The molecule has 1 aliphatic rings. The molecule has 0 saturated carbocycles. The summed E-state index contributed by atoms with van der Waals surface area (Å²) in [5.41, 5.74) is 8.18. The number of amides is 1. The van der Waals surface area contributed by atoms with Gasteiger partial charge < -0.3 is 15.2 Å². The van der Waals surface area contributed by atoms with E-state index in [0.29, 0.717) is 15.6 Å². The van der Waals surface area contributed by atoms with Crippen molar-refractivity contribution in [2.24, 2.45) is 0 Å². The first-order valence-corrected chi connectivity index (χ1v) is 14.5. The summed E-state index contributed by atoms with van der Waals surface area (Å²) in [7, 11) is 0. The second kappa shape index (κ2) is 12.2. The monoisotopic (exact) mass is 578 g/mol. The minimum Gasteiger partial charge on any atom is -0.449 e. The number of benzene rings is 4. The van der Waals surface area contributed by atoms with E-state index in [1.54, 1.807) is 12.3 Å². The van der Waals surface area contributed by atoms with E-state index in [1.807, 2.05) is 72.8 Å². The van der Waals surface area contributed by atoms with Crippen molar-refractivity contribution in [1.82, 2.24) is 10.3 Å². The van der Waals surface area contributed by atoms with Crippen LogP contribution in [0.2, 0.25) is 5.02 Å². The third-order valence-electron chi connectivity index (χ3n) is 7.21. The molecule has 4 aromatic carbocycles. The van der Waals surface area contributed by atoms with Gasteiger partial charge in [-0.15, -0.1) is 0 Å². The molecule has 0 radical (unpaired) electrons. The maximum Gasteiger partial charge on any atom is 0.407 e. The van der Waals surface area contributed by atoms with Crippen LogP contribution >= 0.6 is 23.4 Å². The number of aromatic nitrogens is 1. The molecule has 204 valence electrons. The van der Waals surface area contributed by atoms with Crippen molar-refractivity contribution in [3.05, 3.63) is 137 Å². The number of aliphatic hydroxyl groups is 1. The molecule has 7 heteroatoms. The highest BCUT2D eigenvalue weighted by Crippen LogP contribution is 2.44. The predicted octanol–water partition coefficient (Wildman–Crippen LogP) is 8.08. The maximum absolute atomic E-state index is 13.0. The van der Waals surface area contributed by atoms with Crippen molar-refractivity contribution in [2.45, 2.75) is 29.0 Å². The second-order valence-corrected chi connectivity index (χ2v) is 11.1. The first-order chi connectivity index (χ1) is 20.1. The number of alkyl carbamates (subject to hydrolysis) is 1. The summed E-state index contributed by atoms with van der Waals surface area (Å²) in [5, 5.41) is 13.9. The standard InChI is InChI=1S/C34H27ClN2O3S/c35-31-18-24(22-9-2-1-3-10-22)17-25(32(31)41-33-23(20-38)11-8-16-36-33)19-37-34(39)40-21-30-28-14-6-4-12-26(28)27-13-5-7-15-29(27)30/h1-18,30,38H,19-21H2,(H,37,39). The molecule has 0 aliphatic heterocycles. The van der Waals surface area contributed by atoms with Crippen molar-refractivity contribution < 1.29 is 14.6 Å². The van der Waals surface area contributed by atoms with Crippen molar-refractivity contribution in [3.63, 3.8) is 0 Å². The Labute approximate surface area is 248 Å². The zero-order valence-corrected chi connectivity index (χ0v) is 23.7. The number of nitrogens with zero attached hydrogens (tertiary/aromatic N) is 1. The van der Waals surface area contributed by atoms with Gasteiger partial charge in [0.1, 0.15) is 11.6 Å². The summed E-state index contributed by atoms with van der Waals surface area (Å²) in [5.74, 6) is -0.0174. The number of rotatable bonds is 8. The second-order valence-electron chi connectivity index (χ2n) is 9.72. The van der Waals surface area contributed by atoms with Crippen LogP contribution in [0.5, 0.6) is 0 Å². The Kier molecular flexibility index (Phi) is 8.05. The molecule has 0 atom stereocenters. The Morgan fingerprint density at radius 1 is 0.854 bits per heavy atom. The summed E-state index contributed by atoms with van der Waals surface area (Å²) in [4.78, 5) is 18.2. The number of hydrogen-bond donors (Lipinski definition) is 2. The van der Waals surface area contributed by atoms with Crippen LogP contribution < -0.4 is 5.32 Å². The zero-order valence-electron chi connectivity index (χ0n) is 22.1. The van der Waals surface area contributed by atoms with Gasteiger partial charge in [-0.1, -0.05) is 108 Å². The molecule has 0 spiro atoms. The average Bonchev–Trinajstić information content (AvgIpc) is 3.34. The Morgan fingerprint density at radius 2 is 1.54 bits per heavy atom. The molecule has 1 aromatic heterocycles. The summed E-state index contributed by atoms with van der Waals surface area (Å²) in [6.45, 7) is 0.310. The lowest BCUT2D eigenvalue weighted by atomic mass is 9.98. The molecule has 5 aromatic rings. The molecule has 6 rings (SSSR count). The van der Waals surface area contributed by atoms with E-state index < -0.39 is 6.09 Å². The molecule has 0 saturated heterocycles. The minimum atomic E-state index is -0.502. The molecule has 41 heavy (non-hydrogen) atoms. The summed E-state index contributed by atoms with van der Waals surface area (Å²) in [6, 6.07) is 34.0. The van der Waals surface area contributed by atoms with E-state index in [1.165, 1.54) is 22.9 Å². The van der Waals surface area contributed by atoms with Gasteiger partial charge in [0, 0.05) is 29.1 Å². The van der Waals surface area contributed by atoms with Crippen LogP contribution in [-0.4, -0.2) is 22.8 Å². The number of aliphatic hydroxyl groups excluding tert-OH is 1. The van der Waals surface area contributed by atoms with E-state index >= 15 is 0 Å². The van der Waals surface area contributed by atoms with Crippen molar-refractivity contribution in [2.75, 3.05) is 6.61 Å². The Bertz CT molecular complexity index is 1660. The van der Waals surface area contributed by atoms with Gasteiger partial charge in [0.25, 0.3) is 0 Å². The van der Waals surface area contributed by atoms with Gasteiger partial charge in [0.2, 0.25) is 0 Å². The number of ether oxygens (including phenoxy) is 1. The lowest BCUT2D eigenvalue weighted by molar-refractivity contribution is 0.142. The molecule has 2 N–H and O–H groups in total. The van der Waals surface area contributed by atoms with E-state index in [9.17, 15) is 9.90 Å². The molecule has 1 amide bonds. The average molecular weight is 579 g/mol. The Hall–Kier alpha value is -4.10. The van der Waals surface area contributed by atoms with Crippen molar-refractivity contribution in [3.8, 4) is 22.3 Å². The van der Waals surface area contributed by atoms with Crippen LogP contribution in [-0.2, 0) is 17.9 Å². The number of carbonyl (C=O) groups is 1. The normalized spacial score (nSPS) is 12.0. The van der Waals surface area contributed by atoms with Crippen molar-refractivity contribution >= 4 is 29.5 Å². The van der Waals surface area contributed by atoms with Gasteiger partial charge in [0.15, 0.2) is 0 Å². The van der Waals surface area contributed by atoms with Crippen LogP contribution in [0, 0.1) is 0 Å². The largest absolute Gasteiger partial charge is 0.449 e. The quantitative estimate of drug-likeness (QED) is 0.195. The van der Waals surface area contributed by atoms with Gasteiger partial charge in [-0.3, -0.25) is 0 Å². The van der Waals surface area contributed by atoms with E-state index in [4.69, 9.17) is 16.3 Å². The van der Waals surface area contributed by atoms with E-state index in [0.717, 1.165) is 32.7 Å². The Balaban J connectivity index is 1.22. The van der Waals surface area contributed by atoms with Crippen LogP contribution in [0.3, 0.4) is 0 Å². The molecule has 5 nitrogen and oxygen atoms in total. The third-order valence-corrected chi connectivity index (χ3v) is 8.87. The van der Waals surface area contributed by atoms with E-state index in [2.05, 4.69) is 34.6 Å². The topological polar surface area (TPSA) is 71.5 Å². The highest BCUT2D eigenvalue weighted by atomic mass is 35.5. The molecule has 1 heterocycles. The predicted molar refractivity (Wildman–Crippen MR) is 163 cm³/mol. The summed E-state index contributed by atoms with van der Waals surface area (Å²) >= 11 is 8.20. The molecule has 0 fully saturated rings. The van der Waals surface area contributed by atoms with E-state index in [-0.39, 0.29) is 25.7 Å². The molecule has 0 unspecified atom stereocenters. The van der Waals surface area contributed by atoms with Crippen LogP contribution in [0.25, 0.3) is 22.3 Å². The lowest BCUT2D eigenvalue weighted by Crippen LogP contribution is -2.26. The minimum absolute atomic E-state index is 0.0174. The van der Waals surface area contributed by atoms with Crippen molar-refractivity contribution in [1.29, 1.82) is 0 Å². The van der Waals surface area contributed by atoms with Gasteiger partial charge in [0.05, 0.1) is 11.6 Å². The number of nitrogens with one attached hydrogen (secondary N) is 1. The van der Waals surface area contributed by atoms with Gasteiger partial charge in [-0.2, -0.15) is 0 Å². The van der Waals surface area contributed by atoms with Crippen LogP contribution in [0.4, 0.5) is 4.79 Å². The molecular weight excluding hydrogens is 552 g/mol. The molecular formula is C34H27ClN2O3S. The number of halogens is 1. The van der Waals surface area contributed by atoms with Crippen LogP contribution in [0.15, 0.2) is 119 Å². The fraction of sp³-hybridized carbons (Fsp3) is 0.118. The lowest BCUT2D eigenvalue weighted by Gasteiger charge is -2.17. The molecule has 0 bridgehead atoms. The number of fused-ring (bicyclic) bond motifs is 3. The smallest absolute Gasteiger partial charge is 0.407 e. The summed E-state index contributed by atoms with van der Waals surface area (Å²) in [6.07, 6.45) is 1.18. The SMILES string of the molecule is O=C(NCc1cc(-c2ccccc2)cc(Cl)c1Sc1ncccc1CO)OCC1c2ccccc2-c2ccccc21. The highest BCUT2D eigenvalue weighted by molar-refractivity contribution is 7.99. The highest BCUT2D eigenvalue weighted by Gasteiger charge is 2.29. The fourth-order valence-electron chi connectivity index (χ4n) is 5.24. The zero-order chi connectivity index (χ0) is 28.2. The molecule has 1 aliphatic carbocycles. The van der Waals surface area contributed by atoms with Gasteiger partial charge in [-0.05, 0) is 57.1 Å². The van der Waals surface area contributed by atoms with Crippen LogP contribution in [0.1, 0.15) is 28.2 Å².